The second-order valence-electron chi connectivity index (χ2n) is 9.30. The molecule has 2 N–H and O–H groups in total. The van der Waals surface area contributed by atoms with E-state index < -0.39 is 6.04 Å². The Kier molecular flexibility index (Phi) is 7.59. The highest BCUT2D eigenvalue weighted by molar-refractivity contribution is 6.06. The molecule has 206 valence electrons. The van der Waals surface area contributed by atoms with Crippen molar-refractivity contribution in [2.45, 2.75) is 26.5 Å². The van der Waals surface area contributed by atoms with Crippen LogP contribution in [0, 0.1) is 6.92 Å². The summed E-state index contributed by atoms with van der Waals surface area (Å²) in [7, 11) is 4.70. The summed E-state index contributed by atoms with van der Waals surface area (Å²) in [5.74, 6) is 2.43. The van der Waals surface area contributed by atoms with E-state index in [0.717, 1.165) is 16.7 Å². The molecule has 1 aliphatic heterocycles. The Hall–Kier alpha value is -4.99. The molecule has 0 aliphatic carbocycles. The maximum Gasteiger partial charge on any atom is 0.255 e. The molecule has 0 saturated carbocycles. The lowest BCUT2D eigenvalue weighted by molar-refractivity contribution is -0.113. The monoisotopic (exact) mass is 541 g/mol. The van der Waals surface area contributed by atoms with Crippen molar-refractivity contribution in [2.75, 3.05) is 32.0 Å². The Morgan fingerprint density at radius 3 is 2.52 bits per heavy atom. The fourth-order valence-electron chi connectivity index (χ4n) is 4.72. The highest BCUT2D eigenvalue weighted by atomic mass is 16.5. The lowest BCUT2D eigenvalue weighted by Gasteiger charge is -2.29. The average molecular weight is 542 g/mol. The molecule has 0 spiro atoms. The average Bonchev–Trinajstić information content (AvgIpc) is 3.43. The quantitative estimate of drug-likeness (QED) is 0.301. The van der Waals surface area contributed by atoms with Gasteiger partial charge in [-0.15, -0.1) is 0 Å². The van der Waals surface area contributed by atoms with E-state index in [2.05, 4.69) is 26.8 Å². The van der Waals surface area contributed by atoms with Crippen LogP contribution in [0.3, 0.4) is 0 Å². The van der Waals surface area contributed by atoms with Gasteiger partial charge in [-0.1, -0.05) is 35.9 Å². The SMILES string of the molecule is COc1ccc(NC(=O)C2=C(C)Nc3ncnn3[C@H]2c2ccc(OCc3cccc(C)c3)c(OC)c2)c(OC)c1. The topological polar surface area (TPSA) is 109 Å². The van der Waals surface area contributed by atoms with Crippen LogP contribution in [0.25, 0.3) is 0 Å². The molecule has 0 bridgehead atoms. The Morgan fingerprint density at radius 1 is 0.950 bits per heavy atom. The molecule has 0 radical (unpaired) electrons. The Bertz CT molecular complexity index is 1580. The van der Waals surface area contributed by atoms with Crippen LogP contribution in [-0.4, -0.2) is 42.0 Å². The second kappa shape index (κ2) is 11.4. The van der Waals surface area contributed by atoms with Gasteiger partial charge < -0.3 is 29.6 Å². The predicted molar refractivity (Wildman–Crippen MR) is 151 cm³/mol. The van der Waals surface area contributed by atoms with Crippen LogP contribution >= 0.6 is 0 Å². The molecule has 10 nitrogen and oxygen atoms in total. The van der Waals surface area contributed by atoms with E-state index in [1.165, 1.54) is 13.4 Å². The number of hydrogen-bond donors (Lipinski definition) is 2. The number of aromatic nitrogens is 3. The number of amides is 1. The summed E-state index contributed by atoms with van der Waals surface area (Å²) in [5, 5.41) is 10.6. The Labute approximate surface area is 232 Å². The van der Waals surface area contributed by atoms with Gasteiger partial charge in [0, 0.05) is 11.8 Å². The van der Waals surface area contributed by atoms with E-state index in [-0.39, 0.29) is 5.91 Å². The fourth-order valence-corrected chi connectivity index (χ4v) is 4.72. The summed E-state index contributed by atoms with van der Waals surface area (Å²) in [6.45, 7) is 4.28. The van der Waals surface area contributed by atoms with Gasteiger partial charge in [-0.2, -0.15) is 10.1 Å². The molecule has 2 heterocycles. The van der Waals surface area contributed by atoms with E-state index in [1.807, 2.05) is 50.2 Å². The lowest BCUT2D eigenvalue weighted by atomic mass is 9.94. The van der Waals surface area contributed by atoms with Crippen molar-refractivity contribution >= 4 is 17.5 Å². The molecule has 3 aromatic carbocycles. The third-order valence-electron chi connectivity index (χ3n) is 6.68. The van der Waals surface area contributed by atoms with Gasteiger partial charge >= 0.3 is 0 Å². The summed E-state index contributed by atoms with van der Waals surface area (Å²) in [6.07, 6.45) is 1.45. The number of nitrogens with zero attached hydrogens (tertiary/aromatic N) is 3. The van der Waals surface area contributed by atoms with Crippen LogP contribution in [0.4, 0.5) is 11.6 Å². The number of nitrogens with one attached hydrogen (secondary N) is 2. The van der Waals surface area contributed by atoms with Crippen LogP contribution < -0.4 is 29.6 Å². The van der Waals surface area contributed by atoms with Gasteiger partial charge in [0.1, 0.15) is 30.5 Å². The van der Waals surface area contributed by atoms with E-state index in [9.17, 15) is 4.79 Å². The van der Waals surface area contributed by atoms with Crippen molar-refractivity contribution in [3.05, 3.63) is 95.0 Å². The molecule has 0 unspecified atom stereocenters. The van der Waals surface area contributed by atoms with Crippen LogP contribution in [0.1, 0.15) is 29.7 Å². The first-order chi connectivity index (χ1) is 19.4. The van der Waals surface area contributed by atoms with Gasteiger partial charge in [-0.05, 0) is 49.2 Å². The minimum atomic E-state index is -0.581. The molecule has 1 atom stereocenters. The largest absolute Gasteiger partial charge is 0.497 e. The van der Waals surface area contributed by atoms with E-state index in [1.54, 1.807) is 37.1 Å². The highest BCUT2D eigenvalue weighted by Crippen LogP contribution is 2.39. The minimum Gasteiger partial charge on any atom is -0.497 e. The molecule has 10 heteroatoms. The van der Waals surface area contributed by atoms with E-state index in [4.69, 9.17) is 18.9 Å². The zero-order chi connectivity index (χ0) is 28.2. The van der Waals surface area contributed by atoms with Crippen LogP contribution in [0.2, 0.25) is 0 Å². The highest BCUT2D eigenvalue weighted by Gasteiger charge is 2.34. The number of methoxy groups -OCH3 is 3. The zero-order valence-corrected chi connectivity index (χ0v) is 23.0. The van der Waals surface area contributed by atoms with Crippen molar-refractivity contribution < 1.29 is 23.7 Å². The van der Waals surface area contributed by atoms with Crippen LogP contribution in [0.15, 0.2) is 78.3 Å². The standard InChI is InChI=1S/C30H31N5O5/c1-18-7-6-8-20(13-18)16-40-24-12-9-21(14-26(24)39-5)28-27(19(2)33-30-31-17-32-35(28)30)29(36)34-23-11-10-22(37-3)15-25(23)38-4/h6-15,17,28H,16H2,1-5H3,(H,34,36)(H,31,32,33)/t28-/m0/s1. The molecule has 1 aromatic heterocycles. The third kappa shape index (κ3) is 5.28. The van der Waals surface area contributed by atoms with Gasteiger partial charge in [-0.25, -0.2) is 4.68 Å². The van der Waals surface area contributed by atoms with Crippen molar-refractivity contribution in [1.82, 2.24) is 14.8 Å². The first kappa shape index (κ1) is 26.6. The number of hydrogen-bond acceptors (Lipinski definition) is 8. The molecule has 5 rings (SSSR count). The summed E-state index contributed by atoms with van der Waals surface area (Å²) in [6, 6.07) is 18.4. The molecule has 1 aliphatic rings. The van der Waals surface area contributed by atoms with Gasteiger partial charge in [0.25, 0.3) is 5.91 Å². The number of benzene rings is 3. The Balaban J connectivity index is 1.47. The first-order valence-electron chi connectivity index (χ1n) is 12.7. The third-order valence-corrected chi connectivity index (χ3v) is 6.68. The number of anilines is 2. The van der Waals surface area contributed by atoms with Gasteiger partial charge in [-0.3, -0.25) is 4.79 Å². The maximum absolute atomic E-state index is 13.8. The van der Waals surface area contributed by atoms with E-state index >= 15 is 0 Å². The van der Waals surface area contributed by atoms with Crippen molar-refractivity contribution in [3.63, 3.8) is 0 Å². The smallest absolute Gasteiger partial charge is 0.255 e. The molecule has 0 fully saturated rings. The molecule has 0 saturated heterocycles. The van der Waals surface area contributed by atoms with Crippen molar-refractivity contribution in [2.24, 2.45) is 0 Å². The molecule has 4 aromatic rings. The summed E-state index contributed by atoms with van der Waals surface area (Å²) >= 11 is 0. The van der Waals surface area contributed by atoms with Gasteiger partial charge in [0.15, 0.2) is 11.5 Å². The van der Waals surface area contributed by atoms with Crippen molar-refractivity contribution in [1.29, 1.82) is 0 Å². The summed E-state index contributed by atoms with van der Waals surface area (Å²) < 4.78 is 24.2. The molecular weight excluding hydrogens is 510 g/mol. The second-order valence-corrected chi connectivity index (χ2v) is 9.30. The number of allylic oxidation sites excluding steroid dienone is 1. The van der Waals surface area contributed by atoms with Gasteiger partial charge in [0.2, 0.25) is 5.95 Å². The summed E-state index contributed by atoms with van der Waals surface area (Å²) in [4.78, 5) is 18.1. The Morgan fingerprint density at radius 2 is 1.77 bits per heavy atom. The minimum absolute atomic E-state index is 0.321. The predicted octanol–water partition coefficient (Wildman–Crippen LogP) is 5.12. The number of ether oxygens (including phenoxy) is 4. The zero-order valence-electron chi connectivity index (χ0n) is 23.0. The fraction of sp³-hybridized carbons (Fsp3) is 0.233. The lowest BCUT2D eigenvalue weighted by Crippen LogP contribution is -2.31. The number of carbonyl (C=O) groups is 1. The number of rotatable bonds is 9. The normalized spacial score (nSPS) is 14.2. The number of fused-ring (bicyclic) bond motifs is 1. The van der Waals surface area contributed by atoms with Crippen molar-refractivity contribution in [3.8, 4) is 23.0 Å². The molecule has 1 amide bonds. The first-order valence-corrected chi connectivity index (χ1v) is 12.7. The maximum atomic E-state index is 13.8. The number of aryl methyl sites for hydroxylation is 1. The van der Waals surface area contributed by atoms with E-state index in [0.29, 0.717) is 52.5 Å². The van der Waals surface area contributed by atoms with Gasteiger partial charge in [0.05, 0.1) is 32.6 Å². The van der Waals surface area contributed by atoms with Crippen LogP contribution in [-0.2, 0) is 11.4 Å². The molecular formula is C30H31N5O5. The number of carbonyl (C=O) groups excluding carboxylic acids is 1. The summed E-state index contributed by atoms with van der Waals surface area (Å²) in [5.41, 5.74) is 4.62. The molecule has 40 heavy (non-hydrogen) atoms. The van der Waals surface area contributed by atoms with Crippen LogP contribution in [0.5, 0.6) is 23.0 Å².